The van der Waals surface area contributed by atoms with Crippen molar-refractivity contribution < 1.29 is 8.42 Å². The molecule has 0 spiro atoms. The predicted molar refractivity (Wildman–Crippen MR) is 149 cm³/mol. The number of nitrogens with zero attached hydrogens (tertiary/aromatic N) is 2. The van der Waals surface area contributed by atoms with Crippen molar-refractivity contribution in [1.29, 1.82) is 0 Å². The summed E-state index contributed by atoms with van der Waals surface area (Å²) in [6.45, 7) is 1.91. The summed E-state index contributed by atoms with van der Waals surface area (Å²) in [5.41, 5.74) is 10.8. The minimum atomic E-state index is -3.67. The molecule has 0 unspecified atom stereocenters. The van der Waals surface area contributed by atoms with E-state index in [0.717, 1.165) is 32.2 Å². The normalized spacial score (nSPS) is 11.4. The lowest BCUT2D eigenvalue weighted by Crippen LogP contribution is -2.12. The maximum atomic E-state index is 12.7. The number of benzene rings is 4. The lowest BCUT2D eigenvalue weighted by Gasteiger charge is -2.12. The highest BCUT2D eigenvalue weighted by Crippen LogP contribution is 2.31. The summed E-state index contributed by atoms with van der Waals surface area (Å²) in [6, 6.07) is 27.5. The van der Waals surface area contributed by atoms with Crippen LogP contribution in [0.2, 0.25) is 0 Å². The molecule has 9 heteroatoms. The summed E-state index contributed by atoms with van der Waals surface area (Å²) >= 11 is 3.48. The van der Waals surface area contributed by atoms with E-state index in [2.05, 4.69) is 35.9 Å². The van der Waals surface area contributed by atoms with Gasteiger partial charge in [0.25, 0.3) is 10.0 Å². The van der Waals surface area contributed by atoms with Gasteiger partial charge in [0.15, 0.2) is 0 Å². The molecule has 0 aliphatic rings. The predicted octanol–water partition coefficient (Wildman–Crippen LogP) is 6.49. The molecule has 7 nitrogen and oxygen atoms in total. The Labute approximate surface area is 217 Å². The van der Waals surface area contributed by atoms with Crippen LogP contribution < -0.4 is 15.8 Å². The number of nitrogen functional groups attached to an aromatic ring is 1. The van der Waals surface area contributed by atoms with Crippen molar-refractivity contribution in [2.45, 2.75) is 11.8 Å². The topological polar surface area (TPSA) is 110 Å². The van der Waals surface area contributed by atoms with Crippen LogP contribution in [0, 0.1) is 6.92 Å². The number of sulfonamides is 1. The van der Waals surface area contributed by atoms with Gasteiger partial charge in [-0.25, -0.2) is 13.4 Å². The summed E-state index contributed by atoms with van der Waals surface area (Å²) in [7, 11) is -3.67. The molecule has 1 heterocycles. The molecule has 4 N–H and O–H groups in total. The first-order valence-electron chi connectivity index (χ1n) is 11.1. The molecule has 1 aromatic heterocycles. The van der Waals surface area contributed by atoms with Gasteiger partial charge < -0.3 is 11.1 Å². The molecule has 4 aromatic carbocycles. The number of nitrogens with one attached hydrogen (secondary N) is 2. The van der Waals surface area contributed by atoms with Crippen LogP contribution >= 0.6 is 15.9 Å². The Morgan fingerprint density at radius 2 is 1.53 bits per heavy atom. The molecule has 5 rings (SSSR count). The minimum Gasteiger partial charge on any atom is -0.368 e. The van der Waals surface area contributed by atoms with Crippen molar-refractivity contribution in [2.75, 3.05) is 15.8 Å². The fourth-order valence-corrected chi connectivity index (χ4v) is 5.24. The zero-order valence-corrected chi connectivity index (χ0v) is 21.6. The third kappa shape index (κ3) is 5.17. The molecular formula is C27H22BrN5O2S. The van der Waals surface area contributed by atoms with Crippen LogP contribution in [0.3, 0.4) is 0 Å². The Morgan fingerprint density at radius 3 is 2.25 bits per heavy atom. The van der Waals surface area contributed by atoms with Gasteiger partial charge in [-0.1, -0.05) is 57.9 Å². The third-order valence-corrected chi connectivity index (χ3v) is 7.49. The second-order valence-electron chi connectivity index (χ2n) is 8.29. The van der Waals surface area contributed by atoms with Crippen LogP contribution in [0.4, 0.5) is 23.1 Å². The molecular weight excluding hydrogens is 538 g/mol. The first-order valence-corrected chi connectivity index (χ1v) is 13.3. The monoisotopic (exact) mass is 559 g/mol. The molecule has 0 amide bonds. The molecule has 0 radical (unpaired) electrons. The Kier molecular flexibility index (Phi) is 6.34. The molecule has 5 aromatic rings. The van der Waals surface area contributed by atoms with Crippen molar-refractivity contribution >= 4 is 60.0 Å². The fraction of sp³-hybridized carbons (Fsp3) is 0.0370. The smallest absolute Gasteiger partial charge is 0.261 e. The van der Waals surface area contributed by atoms with Gasteiger partial charge in [0.05, 0.1) is 10.4 Å². The number of aromatic nitrogens is 2. The fourth-order valence-electron chi connectivity index (χ4n) is 3.79. The van der Waals surface area contributed by atoms with Crippen LogP contribution in [0.5, 0.6) is 0 Å². The van der Waals surface area contributed by atoms with E-state index in [-0.39, 0.29) is 10.8 Å². The number of anilines is 4. The maximum Gasteiger partial charge on any atom is 0.261 e. The van der Waals surface area contributed by atoms with Crippen molar-refractivity contribution in [2.24, 2.45) is 0 Å². The van der Waals surface area contributed by atoms with Crippen LogP contribution in [-0.2, 0) is 10.0 Å². The van der Waals surface area contributed by atoms with E-state index in [0.29, 0.717) is 17.0 Å². The van der Waals surface area contributed by atoms with E-state index < -0.39 is 10.0 Å². The van der Waals surface area contributed by atoms with Gasteiger partial charge in [0.1, 0.15) is 5.82 Å². The minimum absolute atomic E-state index is 0.179. The van der Waals surface area contributed by atoms with Gasteiger partial charge in [-0.2, -0.15) is 4.98 Å². The molecule has 0 fully saturated rings. The zero-order valence-electron chi connectivity index (χ0n) is 19.2. The highest BCUT2D eigenvalue weighted by Gasteiger charge is 2.14. The van der Waals surface area contributed by atoms with E-state index in [1.165, 1.54) is 0 Å². The van der Waals surface area contributed by atoms with E-state index >= 15 is 0 Å². The van der Waals surface area contributed by atoms with Crippen molar-refractivity contribution in [3.05, 3.63) is 101 Å². The second kappa shape index (κ2) is 9.60. The molecule has 0 aliphatic heterocycles. The van der Waals surface area contributed by atoms with E-state index in [4.69, 9.17) is 5.73 Å². The molecule has 0 saturated carbocycles. The number of hydrogen-bond acceptors (Lipinski definition) is 6. The Morgan fingerprint density at radius 1 is 0.806 bits per heavy atom. The highest BCUT2D eigenvalue weighted by molar-refractivity contribution is 9.10. The van der Waals surface area contributed by atoms with Crippen molar-refractivity contribution in [3.8, 4) is 11.1 Å². The quantitative estimate of drug-likeness (QED) is 0.219. The summed E-state index contributed by atoms with van der Waals surface area (Å²) in [4.78, 5) is 8.99. The summed E-state index contributed by atoms with van der Waals surface area (Å²) in [5, 5.41) is 4.13. The Bertz CT molecular complexity index is 1670. The summed E-state index contributed by atoms with van der Waals surface area (Å²) in [5.74, 6) is 0.776. The molecule has 180 valence electrons. The van der Waals surface area contributed by atoms with E-state index in [9.17, 15) is 8.42 Å². The number of hydrogen-bond donors (Lipinski definition) is 3. The first kappa shape index (κ1) is 23.8. The maximum absolute atomic E-state index is 12.7. The van der Waals surface area contributed by atoms with Crippen LogP contribution in [0.25, 0.3) is 22.0 Å². The third-order valence-electron chi connectivity index (χ3n) is 5.60. The van der Waals surface area contributed by atoms with Crippen molar-refractivity contribution in [1.82, 2.24) is 9.97 Å². The lowest BCUT2D eigenvalue weighted by molar-refractivity contribution is 0.601. The van der Waals surface area contributed by atoms with Gasteiger partial charge in [-0.05, 0) is 72.6 Å². The van der Waals surface area contributed by atoms with Gasteiger partial charge >= 0.3 is 0 Å². The van der Waals surface area contributed by atoms with Crippen LogP contribution in [0.15, 0.2) is 100 Å². The number of rotatable bonds is 6. The number of halogens is 1. The number of aryl methyl sites for hydroxylation is 1. The first-order chi connectivity index (χ1) is 17.3. The van der Waals surface area contributed by atoms with E-state index in [1.807, 2.05) is 61.5 Å². The molecule has 0 bridgehead atoms. The Hall–Kier alpha value is -3.95. The highest BCUT2D eigenvalue weighted by atomic mass is 79.9. The average Bonchev–Trinajstić information content (AvgIpc) is 2.84. The van der Waals surface area contributed by atoms with Crippen LogP contribution in [-0.4, -0.2) is 18.4 Å². The van der Waals surface area contributed by atoms with Crippen molar-refractivity contribution in [3.63, 3.8) is 0 Å². The number of fused-ring (bicyclic) bond motifs is 1. The van der Waals surface area contributed by atoms with Gasteiger partial charge in [-0.15, -0.1) is 0 Å². The molecule has 0 aliphatic carbocycles. The Balaban J connectivity index is 1.44. The molecule has 0 saturated heterocycles. The van der Waals surface area contributed by atoms with Gasteiger partial charge in [-0.3, -0.25) is 4.72 Å². The van der Waals surface area contributed by atoms with Gasteiger partial charge in [0, 0.05) is 21.2 Å². The SMILES string of the molecule is Cc1ccc(S(=O)(=O)Nc2ccc(-c3ccc4nc(N)nc(Nc5cccc(Br)c5)c4c3)cc2)cc1. The zero-order chi connectivity index (χ0) is 25.3. The van der Waals surface area contributed by atoms with Crippen LogP contribution in [0.1, 0.15) is 5.56 Å². The lowest BCUT2D eigenvalue weighted by atomic mass is 10.0. The standard InChI is InChI=1S/C27H22BrN5O2S/c1-17-5-12-23(13-6-17)36(34,35)33-21-10-7-18(8-11-21)19-9-14-25-24(15-19)26(32-27(29)31-25)30-22-4-2-3-20(28)16-22/h2-16,33H,1H3,(H3,29,30,31,32). The molecule has 0 atom stereocenters. The second-order valence-corrected chi connectivity index (χ2v) is 10.9. The molecule has 36 heavy (non-hydrogen) atoms. The average molecular weight is 560 g/mol. The van der Waals surface area contributed by atoms with E-state index in [1.54, 1.807) is 36.4 Å². The largest absolute Gasteiger partial charge is 0.368 e. The summed E-state index contributed by atoms with van der Waals surface area (Å²) < 4.78 is 29.0. The van der Waals surface area contributed by atoms with Gasteiger partial charge in [0.2, 0.25) is 5.95 Å². The summed E-state index contributed by atoms with van der Waals surface area (Å²) in [6.07, 6.45) is 0. The number of nitrogens with two attached hydrogens (primary N) is 1.